The van der Waals surface area contributed by atoms with Crippen LogP contribution in [0.4, 0.5) is 5.69 Å². The van der Waals surface area contributed by atoms with Gasteiger partial charge in [-0.2, -0.15) is 0 Å². The Hall–Kier alpha value is -0.400. The molecule has 2 N–H and O–H groups in total. The number of aryl methyl sites for hydroxylation is 2. The summed E-state index contributed by atoms with van der Waals surface area (Å²) in [7, 11) is 0. The fraction of sp³-hybridized carbons (Fsp3) is 0.250. The molecule has 0 radical (unpaired) electrons. The van der Waals surface area contributed by atoms with E-state index >= 15 is 0 Å². The lowest BCUT2D eigenvalue weighted by molar-refractivity contribution is 1.39. The Balaban J connectivity index is 3.63. The molecule has 1 aromatic carbocycles. The van der Waals surface area contributed by atoms with Gasteiger partial charge in [0.05, 0.1) is 15.7 Å². The maximum atomic E-state index is 7.25. The van der Waals surface area contributed by atoms with Crippen molar-refractivity contribution < 1.29 is 8.22 Å². The highest BCUT2D eigenvalue weighted by Crippen LogP contribution is 2.32. The summed E-state index contributed by atoms with van der Waals surface area (Å²) >= 11 is 11.5. The molecule has 0 bridgehead atoms. The van der Waals surface area contributed by atoms with Crippen LogP contribution < -0.4 is 5.73 Å². The van der Waals surface area contributed by atoms with Crippen molar-refractivity contribution in [2.45, 2.75) is 13.7 Å². The second kappa shape index (κ2) is 2.92. The maximum absolute atomic E-state index is 7.25. The van der Waals surface area contributed by atoms with Crippen LogP contribution in [0.15, 0.2) is 6.07 Å². The molecule has 0 heterocycles. The van der Waals surface area contributed by atoms with Gasteiger partial charge in [-0.05, 0) is 24.8 Å². The fourth-order valence-electron chi connectivity index (χ4n) is 0.658. The van der Waals surface area contributed by atoms with Gasteiger partial charge in [-0.1, -0.05) is 29.3 Å². The third kappa shape index (κ3) is 1.44. The fourth-order valence-corrected chi connectivity index (χ4v) is 1.00. The number of benzene rings is 1. The van der Waals surface area contributed by atoms with Crippen molar-refractivity contribution in [3.63, 3.8) is 0 Å². The Morgan fingerprint density at radius 3 is 2.09 bits per heavy atom. The summed E-state index contributed by atoms with van der Waals surface area (Å²) in [5.41, 5.74) is 4.66. The zero-order valence-electron chi connectivity index (χ0n) is 11.4. The maximum Gasteiger partial charge on any atom is 0.0698 e. The van der Waals surface area contributed by atoms with Crippen molar-refractivity contribution in [1.29, 1.82) is 0 Å². The summed E-state index contributed by atoms with van der Waals surface area (Å²) in [5, 5.41) is -0.467. The molecule has 60 valence electrons. The number of rotatable bonds is 0. The molecule has 1 nitrogen and oxygen atoms in total. The van der Waals surface area contributed by atoms with Crippen molar-refractivity contribution in [1.82, 2.24) is 0 Å². The first-order valence-electron chi connectivity index (χ1n) is 5.74. The van der Waals surface area contributed by atoms with Gasteiger partial charge in [-0.3, -0.25) is 0 Å². The quantitative estimate of drug-likeness (QED) is 0.633. The number of anilines is 1. The van der Waals surface area contributed by atoms with Crippen molar-refractivity contribution >= 4 is 28.9 Å². The minimum Gasteiger partial charge on any atom is -0.396 e. The van der Waals surface area contributed by atoms with E-state index in [2.05, 4.69) is 0 Å². The molecule has 1 aromatic rings. The lowest BCUT2D eigenvalue weighted by atomic mass is 10.1. The SMILES string of the molecule is [2H]C([2H])([2H])c1cc(C([2H])([2H])[2H])c(Cl)c(N)c1Cl. The first-order chi connectivity index (χ1) is 7.46. The molecule has 0 atom stereocenters. The van der Waals surface area contributed by atoms with Crippen molar-refractivity contribution in [2.75, 3.05) is 5.73 Å². The molecule has 0 aliphatic heterocycles. The molecule has 0 spiro atoms. The minimum atomic E-state index is -2.55. The Morgan fingerprint density at radius 1 is 1.27 bits per heavy atom. The number of nitrogen functional groups attached to an aromatic ring is 1. The average Bonchev–Trinajstić information content (AvgIpc) is 2.10. The van der Waals surface area contributed by atoms with E-state index in [1.807, 2.05) is 0 Å². The Bertz CT molecular complexity index is 413. The number of nitrogens with two attached hydrogens (primary N) is 1. The van der Waals surface area contributed by atoms with Crippen molar-refractivity contribution in [3.8, 4) is 0 Å². The monoisotopic (exact) mass is 195 g/mol. The molecular weight excluding hydrogens is 181 g/mol. The predicted molar refractivity (Wildman–Crippen MR) is 50.3 cm³/mol. The van der Waals surface area contributed by atoms with E-state index in [0.29, 0.717) is 0 Å². The smallest absolute Gasteiger partial charge is 0.0698 e. The first kappa shape index (κ1) is 3.55. The van der Waals surface area contributed by atoms with Gasteiger partial charge in [0, 0.05) is 8.22 Å². The van der Waals surface area contributed by atoms with Crippen LogP contribution in [0.2, 0.25) is 10.0 Å². The molecule has 0 amide bonds. The largest absolute Gasteiger partial charge is 0.396 e. The van der Waals surface area contributed by atoms with Crippen LogP contribution in [0.5, 0.6) is 0 Å². The number of hydrogen-bond acceptors (Lipinski definition) is 1. The van der Waals surface area contributed by atoms with Crippen LogP contribution in [-0.4, -0.2) is 0 Å². The molecule has 1 rings (SSSR count). The lowest BCUT2D eigenvalue weighted by Crippen LogP contribution is -1.92. The van der Waals surface area contributed by atoms with Crippen LogP contribution in [-0.2, 0) is 0 Å². The second-order valence-corrected chi connectivity index (χ2v) is 2.77. The van der Waals surface area contributed by atoms with E-state index in [9.17, 15) is 0 Å². The molecule has 0 saturated heterocycles. The van der Waals surface area contributed by atoms with E-state index in [0.717, 1.165) is 6.07 Å². The van der Waals surface area contributed by atoms with Crippen LogP contribution in [0.1, 0.15) is 19.4 Å². The van der Waals surface area contributed by atoms with E-state index in [1.54, 1.807) is 0 Å². The highest BCUT2D eigenvalue weighted by atomic mass is 35.5. The second-order valence-electron chi connectivity index (χ2n) is 2.01. The Labute approximate surface area is 84.5 Å². The number of hydrogen-bond donors (Lipinski definition) is 1. The minimum absolute atomic E-state index is 0.229. The highest BCUT2D eigenvalue weighted by Gasteiger charge is 2.06. The Kier molecular flexibility index (Phi) is 0.940. The molecule has 0 unspecified atom stereocenters. The molecule has 0 aromatic heterocycles. The normalized spacial score (nSPS) is 20.5. The summed E-state index contributed by atoms with van der Waals surface area (Å²) in [6.45, 7) is -5.09. The standard InChI is InChI=1S/C8H9Cl2N/c1-4-3-5(2)7(10)8(11)6(4)9/h3H,11H2,1-2H3/i1D3,2D3. The summed E-state index contributed by atoms with van der Waals surface area (Å²) in [6, 6.07) is 0.959. The van der Waals surface area contributed by atoms with Gasteiger partial charge >= 0.3 is 0 Å². The van der Waals surface area contributed by atoms with Crippen LogP contribution in [0.3, 0.4) is 0 Å². The van der Waals surface area contributed by atoms with Crippen LogP contribution in [0, 0.1) is 13.7 Å². The van der Waals surface area contributed by atoms with E-state index in [4.69, 9.17) is 37.2 Å². The summed E-state index contributed by atoms with van der Waals surface area (Å²) in [4.78, 5) is 0. The van der Waals surface area contributed by atoms with Crippen LogP contribution in [0.25, 0.3) is 0 Å². The third-order valence-corrected chi connectivity index (χ3v) is 2.05. The molecule has 3 heteroatoms. The summed E-state index contributed by atoms with van der Waals surface area (Å²) in [5.74, 6) is 0. The zero-order chi connectivity index (χ0) is 13.6. The van der Waals surface area contributed by atoms with E-state index in [1.165, 1.54) is 0 Å². The molecule has 0 aliphatic carbocycles. The Morgan fingerprint density at radius 2 is 1.73 bits per heavy atom. The van der Waals surface area contributed by atoms with E-state index < -0.39 is 13.7 Å². The lowest BCUT2D eigenvalue weighted by Gasteiger charge is -2.06. The van der Waals surface area contributed by atoms with Gasteiger partial charge in [0.1, 0.15) is 0 Å². The third-order valence-electron chi connectivity index (χ3n) is 1.23. The van der Waals surface area contributed by atoms with Gasteiger partial charge in [0.25, 0.3) is 0 Å². The zero-order valence-corrected chi connectivity index (χ0v) is 6.92. The van der Waals surface area contributed by atoms with Crippen molar-refractivity contribution in [2.24, 2.45) is 0 Å². The predicted octanol–water partition coefficient (Wildman–Crippen LogP) is 3.19. The van der Waals surface area contributed by atoms with Gasteiger partial charge < -0.3 is 5.73 Å². The van der Waals surface area contributed by atoms with Crippen LogP contribution >= 0.6 is 23.2 Å². The molecule has 0 fully saturated rings. The number of halogens is 2. The average molecular weight is 196 g/mol. The van der Waals surface area contributed by atoms with Gasteiger partial charge in [-0.15, -0.1) is 0 Å². The van der Waals surface area contributed by atoms with Gasteiger partial charge in [-0.25, -0.2) is 0 Å². The topological polar surface area (TPSA) is 26.0 Å². The van der Waals surface area contributed by atoms with Gasteiger partial charge in [0.15, 0.2) is 0 Å². The molecule has 0 aliphatic rings. The highest BCUT2D eigenvalue weighted by molar-refractivity contribution is 6.39. The van der Waals surface area contributed by atoms with Gasteiger partial charge in [0.2, 0.25) is 0 Å². The summed E-state index contributed by atoms with van der Waals surface area (Å²) < 4.78 is 43.5. The molecule has 0 saturated carbocycles. The first-order valence-corrected chi connectivity index (χ1v) is 3.50. The van der Waals surface area contributed by atoms with E-state index in [-0.39, 0.29) is 26.9 Å². The molecule has 11 heavy (non-hydrogen) atoms. The molecular formula is C8H9Cl2N. The summed E-state index contributed by atoms with van der Waals surface area (Å²) in [6.07, 6.45) is 0. The van der Waals surface area contributed by atoms with Crippen molar-refractivity contribution in [3.05, 3.63) is 27.2 Å².